The Balaban J connectivity index is 1.85. The van der Waals surface area contributed by atoms with Gasteiger partial charge >= 0.3 is 0 Å². The van der Waals surface area contributed by atoms with Crippen LogP contribution < -0.4 is 5.32 Å². The number of aliphatic hydroxyl groups is 1. The first-order valence-electron chi connectivity index (χ1n) is 6.38. The van der Waals surface area contributed by atoms with E-state index in [9.17, 15) is 15.0 Å². The average Bonchev–Trinajstić information content (AvgIpc) is 2.68. The second-order valence-corrected chi connectivity index (χ2v) is 4.99. The van der Waals surface area contributed by atoms with Crippen molar-refractivity contribution >= 4 is 5.91 Å². The van der Waals surface area contributed by atoms with E-state index in [0.717, 1.165) is 5.56 Å². The van der Waals surface area contributed by atoms with Crippen molar-refractivity contribution in [2.45, 2.75) is 31.5 Å². The number of nitrogens with one attached hydrogen (secondary N) is 1. The van der Waals surface area contributed by atoms with Gasteiger partial charge in [0.2, 0.25) is 5.91 Å². The van der Waals surface area contributed by atoms with E-state index in [1.807, 2.05) is 0 Å². The third kappa shape index (κ3) is 3.45. The Morgan fingerprint density at radius 3 is 3.00 bits per heavy atom. The lowest BCUT2D eigenvalue weighted by molar-refractivity contribution is -0.122. The van der Waals surface area contributed by atoms with Gasteiger partial charge in [-0.2, -0.15) is 0 Å². The van der Waals surface area contributed by atoms with Crippen molar-refractivity contribution in [2.24, 2.45) is 0 Å². The SMILES string of the molecule is CC1OCCC1(O)CNC(=O)Cc1cccc(O)c1. The minimum Gasteiger partial charge on any atom is -0.508 e. The molecule has 1 heterocycles. The lowest BCUT2D eigenvalue weighted by Gasteiger charge is -2.26. The summed E-state index contributed by atoms with van der Waals surface area (Å²) >= 11 is 0. The Morgan fingerprint density at radius 1 is 1.58 bits per heavy atom. The summed E-state index contributed by atoms with van der Waals surface area (Å²) in [4.78, 5) is 11.8. The van der Waals surface area contributed by atoms with Crippen LogP contribution in [0.25, 0.3) is 0 Å². The molecular weight excluding hydrogens is 246 g/mol. The Labute approximate surface area is 112 Å². The number of hydrogen-bond acceptors (Lipinski definition) is 4. The Hall–Kier alpha value is -1.59. The molecule has 1 aliphatic heterocycles. The number of carbonyl (C=O) groups is 1. The van der Waals surface area contributed by atoms with Crippen molar-refractivity contribution in [1.82, 2.24) is 5.32 Å². The van der Waals surface area contributed by atoms with Gasteiger partial charge in [0.1, 0.15) is 11.4 Å². The van der Waals surface area contributed by atoms with Gasteiger partial charge in [-0.25, -0.2) is 0 Å². The number of aromatic hydroxyl groups is 1. The quantitative estimate of drug-likeness (QED) is 0.744. The van der Waals surface area contributed by atoms with E-state index in [0.29, 0.717) is 13.0 Å². The monoisotopic (exact) mass is 265 g/mol. The number of hydrogen-bond donors (Lipinski definition) is 3. The Kier molecular flexibility index (Phi) is 4.07. The standard InChI is InChI=1S/C14H19NO4/c1-10-14(18,5-6-19-10)9-15-13(17)8-11-3-2-4-12(16)7-11/h2-4,7,10,16,18H,5-6,8-9H2,1H3,(H,15,17). The molecular formula is C14H19NO4. The third-order valence-corrected chi connectivity index (χ3v) is 3.53. The Bertz CT molecular complexity index is 463. The number of rotatable bonds is 4. The number of carbonyl (C=O) groups excluding carboxylic acids is 1. The zero-order valence-corrected chi connectivity index (χ0v) is 10.9. The zero-order chi connectivity index (χ0) is 13.9. The van der Waals surface area contributed by atoms with Gasteiger partial charge in [0.25, 0.3) is 0 Å². The van der Waals surface area contributed by atoms with Crippen LogP contribution in [-0.2, 0) is 16.0 Å². The molecule has 2 unspecified atom stereocenters. The Morgan fingerprint density at radius 2 is 2.37 bits per heavy atom. The molecule has 19 heavy (non-hydrogen) atoms. The van der Waals surface area contributed by atoms with E-state index in [1.54, 1.807) is 31.2 Å². The van der Waals surface area contributed by atoms with Crippen LogP contribution in [0.4, 0.5) is 0 Å². The molecule has 0 radical (unpaired) electrons. The summed E-state index contributed by atoms with van der Waals surface area (Å²) in [5, 5.41) is 22.3. The summed E-state index contributed by atoms with van der Waals surface area (Å²) < 4.78 is 5.30. The van der Waals surface area contributed by atoms with Crippen molar-refractivity contribution in [3.05, 3.63) is 29.8 Å². The molecule has 3 N–H and O–H groups in total. The molecule has 1 aliphatic rings. The van der Waals surface area contributed by atoms with E-state index >= 15 is 0 Å². The van der Waals surface area contributed by atoms with Crippen LogP contribution >= 0.6 is 0 Å². The van der Waals surface area contributed by atoms with Gasteiger partial charge in [-0.05, 0) is 24.6 Å². The predicted molar refractivity (Wildman–Crippen MR) is 69.8 cm³/mol. The van der Waals surface area contributed by atoms with Gasteiger partial charge in [-0.15, -0.1) is 0 Å². The first-order valence-corrected chi connectivity index (χ1v) is 6.38. The van der Waals surface area contributed by atoms with Crippen LogP contribution in [0.5, 0.6) is 5.75 Å². The van der Waals surface area contributed by atoms with Gasteiger partial charge in [0.05, 0.1) is 12.5 Å². The fraction of sp³-hybridized carbons (Fsp3) is 0.500. The topological polar surface area (TPSA) is 78.8 Å². The van der Waals surface area contributed by atoms with Gasteiger partial charge in [-0.3, -0.25) is 4.79 Å². The molecule has 104 valence electrons. The highest BCUT2D eigenvalue weighted by molar-refractivity contribution is 5.78. The average molecular weight is 265 g/mol. The normalized spacial score (nSPS) is 26.3. The lowest BCUT2D eigenvalue weighted by atomic mass is 9.96. The highest BCUT2D eigenvalue weighted by Crippen LogP contribution is 2.24. The van der Waals surface area contributed by atoms with Crippen LogP contribution in [0, 0.1) is 0 Å². The summed E-state index contributed by atoms with van der Waals surface area (Å²) in [5.74, 6) is -0.0418. The molecule has 0 bridgehead atoms. The second-order valence-electron chi connectivity index (χ2n) is 4.99. The molecule has 0 aliphatic carbocycles. The van der Waals surface area contributed by atoms with Gasteiger partial charge in [-0.1, -0.05) is 12.1 Å². The highest BCUT2D eigenvalue weighted by Gasteiger charge is 2.39. The zero-order valence-electron chi connectivity index (χ0n) is 10.9. The van der Waals surface area contributed by atoms with E-state index in [2.05, 4.69) is 5.32 Å². The highest BCUT2D eigenvalue weighted by atomic mass is 16.5. The molecule has 1 amide bonds. The van der Waals surface area contributed by atoms with Crippen LogP contribution in [0.3, 0.4) is 0 Å². The molecule has 2 atom stereocenters. The molecule has 1 saturated heterocycles. The summed E-state index contributed by atoms with van der Waals surface area (Å²) in [5.41, 5.74) is -0.241. The summed E-state index contributed by atoms with van der Waals surface area (Å²) in [6.07, 6.45) is 0.439. The molecule has 5 nitrogen and oxygen atoms in total. The maximum absolute atomic E-state index is 11.8. The van der Waals surface area contributed by atoms with E-state index in [-0.39, 0.29) is 30.7 Å². The van der Waals surface area contributed by atoms with Crippen molar-refractivity contribution in [3.63, 3.8) is 0 Å². The van der Waals surface area contributed by atoms with E-state index in [4.69, 9.17) is 4.74 Å². The van der Waals surface area contributed by atoms with Crippen LogP contribution in [-0.4, -0.2) is 41.0 Å². The molecule has 1 aromatic rings. The van der Waals surface area contributed by atoms with Crippen molar-refractivity contribution < 1.29 is 19.7 Å². The predicted octanol–water partition coefficient (Wildman–Crippen LogP) is 0.591. The molecule has 1 aromatic carbocycles. The fourth-order valence-electron chi connectivity index (χ4n) is 2.17. The number of ether oxygens (including phenoxy) is 1. The van der Waals surface area contributed by atoms with Gasteiger partial charge < -0.3 is 20.3 Å². The number of phenols is 1. The largest absolute Gasteiger partial charge is 0.508 e. The summed E-state index contributed by atoms with van der Waals surface area (Å²) in [6.45, 7) is 2.50. The second kappa shape index (κ2) is 5.59. The molecule has 1 fully saturated rings. The summed E-state index contributed by atoms with van der Waals surface area (Å²) in [7, 11) is 0. The van der Waals surface area contributed by atoms with Crippen molar-refractivity contribution in [2.75, 3.05) is 13.2 Å². The first kappa shape index (κ1) is 13.8. The lowest BCUT2D eigenvalue weighted by Crippen LogP contribution is -2.47. The van der Waals surface area contributed by atoms with Gasteiger partial charge in [0, 0.05) is 19.6 Å². The van der Waals surface area contributed by atoms with E-state index < -0.39 is 5.60 Å². The van der Waals surface area contributed by atoms with Crippen molar-refractivity contribution in [3.8, 4) is 5.75 Å². The molecule has 0 spiro atoms. The van der Waals surface area contributed by atoms with Crippen molar-refractivity contribution in [1.29, 1.82) is 0 Å². The molecule has 2 rings (SSSR count). The minimum absolute atomic E-state index is 0.141. The molecule has 5 heteroatoms. The third-order valence-electron chi connectivity index (χ3n) is 3.53. The van der Waals surface area contributed by atoms with Crippen LogP contribution in [0.15, 0.2) is 24.3 Å². The first-order chi connectivity index (χ1) is 8.99. The number of benzene rings is 1. The number of phenolic OH excluding ortho intramolecular Hbond substituents is 1. The number of amides is 1. The maximum atomic E-state index is 11.8. The van der Waals surface area contributed by atoms with E-state index in [1.165, 1.54) is 0 Å². The summed E-state index contributed by atoms with van der Waals surface area (Å²) in [6, 6.07) is 6.57. The van der Waals surface area contributed by atoms with Crippen LogP contribution in [0.1, 0.15) is 18.9 Å². The molecule has 0 aromatic heterocycles. The van der Waals surface area contributed by atoms with Crippen LogP contribution in [0.2, 0.25) is 0 Å². The fourth-order valence-corrected chi connectivity index (χ4v) is 2.17. The van der Waals surface area contributed by atoms with Gasteiger partial charge in [0.15, 0.2) is 0 Å². The molecule has 0 saturated carbocycles. The minimum atomic E-state index is -0.978. The smallest absolute Gasteiger partial charge is 0.224 e. The maximum Gasteiger partial charge on any atom is 0.224 e.